The first kappa shape index (κ1) is 94.1. The van der Waals surface area contributed by atoms with Crippen LogP contribution in [0.4, 0.5) is 27.1 Å². The van der Waals surface area contributed by atoms with Crippen molar-refractivity contribution in [2.24, 2.45) is 0 Å². The van der Waals surface area contributed by atoms with E-state index in [1.165, 1.54) is 12.1 Å². The number of carbonyl (C=O) groups excluding carboxylic acids is 4. The molecule has 13 N–H and O–H groups in total. The SMILES string of the molecule is C.C.C.CCOC1CC(n2cc(NC(=O)c3ccc(-c4cn[nH]c4)o3)c(-c3ccc(F)cn3)n2)C1.O=C(Nc1cn([C@H]2CC[C@@H](O)C2)nc1-c1ccccn1)c1ccc(-c2cn[nH]c2)o1.O=C(Nc1cn([C@H]2CC[C@H](O)C2)nc1-c1ccccn1)c1ccc(-c2cn[nH]c2)o1.O=C(Nc1cn([C@H]2CC[C@H](O)C2)nc1-c1ccccn1)c1ccc(-c2cn[nH]c2)o1.O=CO.O=CO. The number of pyridine rings is 4. The highest BCUT2D eigenvalue weighted by molar-refractivity contribution is 6.07. The summed E-state index contributed by atoms with van der Waals surface area (Å²) in [6, 6.07) is 33.2. The van der Waals surface area contributed by atoms with Gasteiger partial charge in [0.05, 0.1) is 147 Å². The van der Waals surface area contributed by atoms with Crippen LogP contribution in [0.25, 0.3) is 90.8 Å². The standard InChI is InChI=1S/C22H21FN6O3.3C21H20N6O3.2CH2O2.3CH4/c1-2-31-16-7-15(8-16)29-12-18(21(28-29)17-4-3-14(23)11-24-17)27-22(30)20-6-5-19(32-20)13-9-25-26-10-13;3*28-15-5-4-14(9-15)27-12-17(20(26-27)16-3-1-2-8-22-16)25-21(29)19-7-6-18(30-19)13-10-23-24-11-13;2*2-1-3;;;/h3-6,9-12,15-16H,2,7-8H2,1H3,(H,25,26)(H,27,30);3*1-3,6-8,10-12,14-15,28H,4-5,9H2,(H,23,24)(H,25,29);2*1H,(H,2,3);3*1H4/t;14-,15+;2*14-,15-;;;;;/m.000...../s1. The third-order valence-electron chi connectivity index (χ3n) is 21.2. The Labute approximate surface area is 747 Å². The number of hydrogen-bond donors (Lipinski definition) is 13. The number of nitrogens with one attached hydrogen (secondary N) is 8. The first-order valence-electron chi connectivity index (χ1n) is 40.6. The zero-order valence-electron chi connectivity index (χ0n) is 68.2. The average Bonchev–Trinajstić information content (AvgIpc) is 1.65. The fourth-order valence-electron chi connectivity index (χ4n) is 14.9. The van der Waals surface area contributed by atoms with Crippen molar-refractivity contribution in [3.05, 3.63) is 243 Å². The number of anilines is 4. The molecule has 16 heterocycles. The number of rotatable bonds is 22. The molecule has 4 saturated carbocycles. The van der Waals surface area contributed by atoms with Gasteiger partial charge in [0, 0.05) is 74.8 Å². The van der Waals surface area contributed by atoms with Gasteiger partial charge in [-0.15, -0.1) is 0 Å². The predicted molar refractivity (Wildman–Crippen MR) is 477 cm³/mol. The minimum Gasteiger partial charge on any atom is -0.483 e. The second-order valence-corrected chi connectivity index (χ2v) is 29.7. The van der Waals surface area contributed by atoms with Gasteiger partial charge in [0.2, 0.25) is 0 Å². The molecule has 0 aromatic carbocycles. The Hall–Kier alpha value is -16.0. The highest BCUT2D eigenvalue weighted by atomic mass is 19.1. The molecule has 4 fully saturated rings. The quantitative estimate of drug-likeness (QED) is 0.0280. The number of ether oxygens (including phenoxy) is 1. The van der Waals surface area contributed by atoms with Crippen molar-refractivity contribution in [1.29, 1.82) is 0 Å². The van der Waals surface area contributed by atoms with E-state index in [1.807, 2.05) is 80.2 Å². The summed E-state index contributed by atoms with van der Waals surface area (Å²) < 4.78 is 49.0. The lowest BCUT2D eigenvalue weighted by Gasteiger charge is -2.34. The Bertz CT molecular complexity index is 5830. The monoisotopic (exact) mass is 1790 g/mol. The number of halogens is 1. The van der Waals surface area contributed by atoms with Gasteiger partial charge in [-0.1, -0.05) is 40.5 Å². The molecule has 0 unspecified atom stereocenters. The summed E-state index contributed by atoms with van der Waals surface area (Å²) in [5.74, 6) is 0.852. The van der Waals surface area contributed by atoms with Crippen LogP contribution in [0.2, 0.25) is 0 Å². The molecule has 4 aliphatic carbocycles. The van der Waals surface area contributed by atoms with E-state index >= 15 is 0 Å². The van der Waals surface area contributed by atoms with Crippen molar-refractivity contribution in [3.8, 4) is 90.8 Å². The maximum Gasteiger partial charge on any atom is 0.291 e. The summed E-state index contributed by atoms with van der Waals surface area (Å²) in [5, 5.41) is 100. The summed E-state index contributed by atoms with van der Waals surface area (Å²) in [7, 11) is 0. The molecule has 41 heteroatoms. The van der Waals surface area contributed by atoms with Gasteiger partial charge < -0.3 is 69.2 Å². The molecule has 0 bridgehead atoms. The largest absolute Gasteiger partial charge is 0.483 e. The lowest BCUT2D eigenvalue weighted by Crippen LogP contribution is -2.33. The Morgan fingerprint density at radius 2 is 0.695 bits per heavy atom. The summed E-state index contributed by atoms with van der Waals surface area (Å²) in [5.41, 5.74) is 9.73. The van der Waals surface area contributed by atoms with Gasteiger partial charge in [-0.05, 0) is 175 Å². The van der Waals surface area contributed by atoms with Crippen molar-refractivity contribution < 1.29 is 81.1 Å². The van der Waals surface area contributed by atoms with Crippen molar-refractivity contribution in [2.45, 2.75) is 148 Å². The van der Waals surface area contributed by atoms with E-state index in [2.05, 4.69) is 102 Å². The topological polar surface area (TPSA) is 551 Å². The van der Waals surface area contributed by atoms with E-state index in [-0.39, 0.29) is 125 Å². The Morgan fingerprint density at radius 3 is 0.931 bits per heavy atom. The van der Waals surface area contributed by atoms with Crippen molar-refractivity contribution >= 4 is 59.3 Å². The Balaban J connectivity index is 0.000000153. The summed E-state index contributed by atoms with van der Waals surface area (Å²) in [4.78, 5) is 85.3. The fraction of sp³-hybridized carbons (Fsp3) is 0.267. The number of furan rings is 4. The number of carboxylic acid groups (broad SMARTS) is 2. The summed E-state index contributed by atoms with van der Waals surface area (Å²) in [6.07, 6.45) is 34.2. The third kappa shape index (κ3) is 23.2. The number of nitrogens with zero attached hydrogens (tertiary/aromatic N) is 16. The smallest absolute Gasteiger partial charge is 0.291 e. The maximum absolute atomic E-state index is 13.4. The fourth-order valence-corrected chi connectivity index (χ4v) is 14.9. The minimum atomic E-state index is -0.445. The van der Waals surface area contributed by atoms with E-state index in [0.29, 0.717) is 117 Å². The number of carbonyl (C=O) groups is 6. The van der Waals surface area contributed by atoms with Crippen LogP contribution in [0.5, 0.6) is 0 Å². The van der Waals surface area contributed by atoms with E-state index in [1.54, 1.807) is 141 Å². The van der Waals surface area contributed by atoms with Gasteiger partial charge in [-0.25, -0.2) is 4.39 Å². The van der Waals surface area contributed by atoms with Crippen molar-refractivity contribution in [3.63, 3.8) is 0 Å². The van der Waals surface area contributed by atoms with Crippen molar-refractivity contribution in [2.75, 3.05) is 27.9 Å². The predicted octanol–water partition coefficient (Wildman–Crippen LogP) is 15.2. The van der Waals surface area contributed by atoms with Gasteiger partial charge in [-0.2, -0.15) is 40.8 Å². The number of hydrogen-bond acceptors (Lipinski definition) is 26. The molecule has 6 atom stereocenters. The second-order valence-electron chi connectivity index (χ2n) is 29.7. The van der Waals surface area contributed by atoms with Crippen LogP contribution < -0.4 is 21.3 Å². The van der Waals surface area contributed by atoms with E-state index in [9.17, 15) is 38.9 Å². The van der Waals surface area contributed by atoms with Crippen LogP contribution in [0.3, 0.4) is 0 Å². The molecule has 0 radical (unpaired) electrons. The molecule has 16 aromatic rings. The van der Waals surface area contributed by atoms with E-state index in [0.717, 1.165) is 79.8 Å². The van der Waals surface area contributed by atoms with Crippen LogP contribution in [-0.2, 0) is 14.3 Å². The summed E-state index contributed by atoms with van der Waals surface area (Å²) >= 11 is 0. The molecular weight excluding hydrogens is 1690 g/mol. The lowest BCUT2D eigenvalue weighted by molar-refractivity contribution is -0.123. The van der Waals surface area contributed by atoms with Gasteiger partial charge in [0.1, 0.15) is 51.6 Å². The molecule has 40 nitrogen and oxygen atoms in total. The number of aromatic amines is 4. The minimum absolute atomic E-state index is 0. The Kier molecular flexibility index (Phi) is 31.9. The highest BCUT2D eigenvalue weighted by Gasteiger charge is 2.35. The average molecular weight is 1790 g/mol. The molecule has 0 saturated heterocycles. The van der Waals surface area contributed by atoms with Crippen molar-refractivity contribution in [1.82, 2.24) is 99.8 Å². The van der Waals surface area contributed by atoms with Crippen LogP contribution in [0.1, 0.15) is 166 Å². The molecule has 0 spiro atoms. The van der Waals surface area contributed by atoms with Gasteiger partial charge >= 0.3 is 0 Å². The number of aliphatic hydroxyl groups is 3. The summed E-state index contributed by atoms with van der Waals surface area (Å²) in [6.45, 7) is 2.15. The highest BCUT2D eigenvalue weighted by Crippen LogP contribution is 2.41. The molecule has 16 aromatic heterocycles. The molecule has 131 heavy (non-hydrogen) atoms. The molecular formula is C90H97FN24O16. The second kappa shape index (κ2) is 44.4. The molecule has 0 aliphatic heterocycles. The zero-order valence-corrected chi connectivity index (χ0v) is 68.2. The van der Waals surface area contributed by atoms with Crippen LogP contribution >= 0.6 is 0 Å². The normalized spacial score (nSPS) is 17.3. The first-order chi connectivity index (χ1) is 62.4. The molecule has 680 valence electrons. The maximum atomic E-state index is 13.4. The van der Waals surface area contributed by atoms with Crippen LogP contribution in [-0.4, -0.2) is 193 Å². The van der Waals surface area contributed by atoms with E-state index < -0.39 is 11.7 Å². The van der Waals surface area contributed by atoms with Crippen LogP contribution in [0, 0.1) is 5.82 Å². The van der Waals surface area contributed by atoms with Gasteiger partial charge in [0.25, 0.3) is 36.6 Å². The van der Waals surface area contributed by atoms with Crippen LogP contribution in [0.15, 0.2) is 232 Å². The third-order valence-corrected chi connectivity index (χ3v) is 21.2. The first-order valence-corrected chi connectivity index (χ1v) is 40.6. The number of H-pyrrole nitrogens is 4. The number of aromatic nitrogens is 20. The number of amides is 4. The lowest BCUT2D eigenvalue weighted by atomic mass is 9.89. The molecule has 4 aliphatic rings. The number of aliphatic hydroxyl groups excluding tert-OH is 3. The van der Waals surface area contributed by atoms with Gasteiger partial charge in [0.15, 0.2) is 23.0 Å². The van der Waals surface area contributed by atoms with Gasteiger partial charge in [-0.3, -0.25) is 87.8 Å². The van der Waals surface area contributed by atoms with E-state index in [4.69, 9.17) is 42.2 Å². The zero-order chi connectivity index (χ0) is 89.0. The molecule has 20 rings (SSSR count). The Morgan fingerprint density at radius 1 is 0.405 bits per heavy atom. The molecule has 4 amide bonds.